The molecule has 1 spiro atoms. The van der Waals surface area contributed by atoms with Crippen molar-refractivity contribution >= 4 is 29.3 Å². The molecule has 230 valence electrons. The maximum absolute atomic E-state index is 14.6. The van der Waals surface area contributed by atoms with Crippen molar-refractivity contribution < 1.29 is 32.2 Å². The molecular weight excluding hydrogens is 587 g/mol. The number of nitrogens with zero attached hydrogens (tertiary/aromatic N) is 3. The highest BCUT2D eigenvalue weighted by Gasteiger charge is 2.46. The molecule has 2 atom stereocenters. The molecule has 9 nitrogen and oxygen atoms in total. The number of piperidine rings is 1. The first-order valence-electron chi connectivity index (χ1n) is 14.0. The molecule has 1 unspecified atom stereocenters. The lowest BCUT2D eigenvalue weighted by atomic mass is 9.76. The van der Waals surface area contributed by atoms with Gasteiger partial charge < -0.3 is 30.2 Å². The van der Waals surface area contributed by atoms with Crippen LogP contribution in [0.3, 0.4) is 0 Å². The predicted molar refractivity (Wildman–Crippen MR) is 156 cm³/mol. The van der Waals surface area contributed by atoms with Gasteiger partial charge in [-0.3, -0.25) is 4.79 Å². The summed E-state index contributed by atoms with van der Waals surface area (Å²) in [4.78, 5) is 22.4. The largest absolute Gasteiger partial charge is 0.497 e. The molecule has 0 saturated carbocycles. The van der Waals surface area contributed by atoms with E-state index in [2.05, 4.69) is 15.3 Å². The number of aromatic nitrogens is 2. The quantitative estimate of drug-likeness (QED) is 0.312. The van der Waals surface area contributed by atoms with Gasteiger partial charge in [-0.25, -0.2) is 0 Å². The number of methoxy groups -OCH3 is 1. The predicted octanol–water partition coefficient (Wildman–Crippen LogP) is 5.58. The highest BCUT2D eigenvalue weighted by atomic mass is 35.5. The van der Waals surface area contributed by atoms with E-state index in [1.54, 1.807) is 31.2 Å². The van der Waals surface area contributed by atoms with Crippen molar-refractivity contribution in [2.75, 3.05) is 44.0 Å². The van der Waals surface area contributed by atoms with Crippen molar-refractivity contribution in [1.82, 2.24) is 15.3 Å². The van der Waals surface area contributed by atoms with Gasteiger partial charge in [0, 0.05) is 36.3 Å². The van der Waals surface area contributed by atoms with E-state index in [0.717, 1.165) is 12.8 Å². The summed E-state index contributed by atoms with van der Waals surface area (Å²) >= 11 is 6.21. The van der Waals surface area contributed by atoms with E-state index >= 15 is 0 Å². The second-order valence-corrected chi connectivity index (χ2v) is 11.2. The van der Waals surface area contributed by atoms with Crippen molar-refractivity contribution in [3.05, 3.63) is 59.1 Å². The summed E-state index contributed by atoms with van der Waals surface area (Å²) < 4.78 is 59.8. The fraction of sp³-hybridized carbons (Fsp3) is 0.433. The molecule has 2 saturated heterocycles. The average molecular weight is 620 g/mol. The van der Waals surface area contributed by atoms with Crippen molar-refractivity contribution in [2.24, 2.45) is 5.41 Å². The van der Waals surface area contributed by atoms with Gasteiger partial charge in [0.1, 0.15) is 17.6 Å². The van der Waals surface area contributed by atoms with Crippen LogP contribution in [-0.4, -0.2) is 61.5 Å². The highest BCUT2D eigenvalue weighted by molar-refractivity contribution is 6.30. The zero-order chi connectivity index (χ0) is 30.8. The Labute approximate surface area is 252 Å². The number of carbonyl (C=O) groups is 1. The minimum Gasteiger partial charge on any atom is -0.497 e. The second-order valence-electron chi connectivity index (χ2n) is 10.8. The van der Waals surface area contributed by atoms with Crippen LogP contribution in [0.25, 0.3) is 11.1 Å². The van der Waals surface area contributed by atoms with Crippen LogP contribution in [0.4, 0.5) is 24.9 Å². The standard InChI is InChI=1S/C30H33ClF3N5O4/c1-3-42-27(40)23-16-29(17-36-23)9-11-39(12-10-29)24-15-25(38-28(35)37-24)43-26(30(32,33)34)21-8-7-19(31)14-22(21)18-5-4-6-20(13-18)41-2/h4-8,13-15,23,26,36H,3,9-12,16-17H2,1-2H3,(H2,35,37,38)/t23?,26-/m1/s1. The molecule has 0 amide bonds. The summed E-state index contributed by atoms with van der Waals surface area (Å²) in [7, 11) is 1.48. The van der Waals surface area contributed by atoms with E-state index < -0.39 is 12.3 Å². The Morgan fingerprint density at radius 1 is 1.19 bits per heavy atom. The van der Waals surface area contributed by atoms with Crippen LogP contribution in [-0.2, 0) is 9.53 Å². The van der Waals surface area contributed by atoms with Crippen LogP contribution in [0.2, 0.25) is 5.02 Å². The lowest BCUT2D eigenvalue weighted by Crippen LogP contribution is -2.41. The van der Waals surface area contributed by atoms with Crippen LogP contribution >= 0.6 is 11.6 Å². The summed E-state index contributed by atoms with van der Waals surface area (Å²) in [6.45, 7) is 3.94. The van der Waals surface area contributed by atoms with E-state index in [1.807, 2.05) is 4.90 Å². The Hall–Kier alpha value is -3.77. The van der Waals surface area contributed by atoms with Crippen molar-refractivity contribution in [3.8, 4) is 22.8 Å². The maximum Gasteiger partial charge on any atom is 0.429 e. The number of hydrogen-bond acceptors (Lipinski definition) is 9. The molecule has 2 aromatic carbocycles. The third kappa shape index (κ3) is 6.91. The molecule has 3 aromatic rings. The Balaban J connectivity index is 1.38. The number of ether oxygens (including phenoxy) is 3. The van der Waals surface area contributed by atoms with Gasteiger partial charge in [-0.1, -0.05) is 29.8 Å². The fourth-order valence-corrected chi connectivity index (χ4v) is 5.97. The molecule has 0 bridgehead atoms. The zero-order valence-electron chi connectivity index (χ0n) is 23.8. The number of alkyl halides is 3. The number of carbonyl (C=O) groups excluding carboxylic acids is 1. The van der Waals surface area contributed by atoms with E-state index in [1.165, 1.54) is 31.4 Å². The monoisotopic (exact) mass is 619 g/mol. The first-order chi connectivity index (χ1) is 20.5. The summed E-state index contributed by atoms with van der Waals surface area (Å²) in [6, 6.07) is 11.9. The van der Waals surface area contributed by atoms with Crippen LogP contribution < -0.4 is 25.4 Å². The summed E-state index contributed by atoms with van der Waals surface area (Å²) in [5, 5.41) is 3.54. The topological polar surface area (TPSA) is 112 Å². The van der Waals surface area contributed by atoms with Gasteiger partial charge in [-0.05, 0) is 67.0 Å². The number of nitrogens with two attached hydrogens (primary N) is 1. The van der Waals surface area contributed by atoms with Crippen LogP contribution in [0, 0.1) is 5.41 Å². The molecule has 43 heavy (non-hydrogen) atoms. The second kappa shape index (κ2) is 12.5. The van der Waals surface area contributed by atoms with Crippen molar-refractivity contribution in [3.63, 3.8) is 0 Å². The first-order valence-corrected chi connectivity index (χ1v) is 14.3. The van der Waals surface area contributed by atoms with Crippen LogP contribution in [0.5, 0.6) is 11.6 Å². The number of nitrogen functional groups attached to an aromatic ring is 1. The fourth-order valence-electron chi connectivity index (χ4n) is 5.80. The van der Waals surface area contributed by atoms with Crippen molar-refractivity contribution in [2.45, 2.75) is 44.5 Å². The molecule has 1 aromatic heterocycles. The van der Waals surface area contributed by atoms with Gasteiger partial charge >= 0.3 is 12.1 Å². The third-order valence-electron chi connectivity index (χ3n) is 8.00. The SMILES string of the molecule is CCOC(=O)C1CC2(CCN(c3cc(O[C@H](c4ccc(Cl)cc4-c4cccc(OC)c4)C(F)(F)F)nc(N)n3)CC2)CN1. The lowest BCUT2D eigenvalue weighted by molar-refractivity contribution is -0.198. The number of nitrogens with one attached hydrogen (secondary N) is 1. The molecule has 2 aliphatic heterocycles. The lowest BCUT2D eigenvalue weighted by Gasteiger charge is -2.39. The van der Waals surface area contributed by atoms with Crippen molar-refractivity contribution in [1.29, 1.82) is 0 Å². The number of benzene rings is 2. The number of hydrogen-bond donors (Lipinski definition) is 2. The molecule has 3 heterocycles. The molecule has 3 N–H and O–H groups in total. The van der Waals surface area contributed by atoms with E-state index in [-0.39, 0.29) is 45.4 Å². The Morgan fingerprint density at radius 2 is 1.95 bits per heavy atom. The van der Waals surface area contributed by atoms with Gasteiger partial charge in [0.2, 0.25) is 17.9 Å². The maximum atomic E-state index is 14.6. The zero-order valence-corrected chi connectivity index (χ0v) is 24.5. The van der Waals surface area contributed by atoms with E-state index in [4.69, 9.17) is 31.5 Å². The molecule has 0 radical (unpaired) electrons. The van der Waals surface area contributed by atoms with Gasteiger partial charge in [0.05, 0.1) is 13.7 Å². The average Bonchev–Trinajstić information content (AvgIpc) is 3.39. The highest BCUT2D eigenvalue weighted by Crippen LogP contribution is 2.44. The Morgan fingerprint density at radius 3 is 2.65 bits per heavy atom. The molecule has 0 aliphatic carbocycles. The number of esters is 1. The third-order valence-corrected chi connectivity index (χ3v) is 8.24. The number of rotatable bonds is 8. The summed E-state index contributed by atoms with van der Waals surface area (Å²) in [6.07, 6.45) is -4.98. The van der Waals surface area contributed by atoms with Gasteiger partial charge in [0.25, 0.3) is 0 Å². The van der Waals surface area contributed by atoms with Gasteiger partial charge in [0.15, 0.2) is 0 Å². The first kappa shape index (κ1) is 30.7. The normalized spacial score (nSPS) is 18.8. The van der Waals surface area contributed by atoms with Gasteiger partial charge in [-0.15, -0.1) is 0 Å². The number of anilines is 2. The summed E-state index contributed by atoms with van der Waals surface area (Å²) in [5.41, 5.74) is 6.46. The number of halogens is 4. The molecule has 5 rings (SSSR count). The molecular formula is C30H33ClF3N5O4. The van der Waals surface area contributed by atoms with Gasteiger partial charge in [-0.2, -0.15) is 23.1 Å². The Kier molecular flexibility index (Phi) is 8.89. The van der Waals surface area contributed by atoms with Crippen LogP contribution in [0.1, 0.15) is 37.9 Å². The van der Waals surface area contributed by atoms with E-state index in [0.29, 0.717) is 49.8 Å². The summed E-state index contributed by atoms with van der Waals surface area (Å²) in [5.74, 6) is 0.0930. The minimum absolute atomic E-state index is 0.0711. The minimum atomic E-state index is -4.80. The molecule has 13 heteroatoms. The smallest absolute Gasteiger partial charge is 0.429 e. The molecule has 2 fully saturated rings. The molecule has 2 aliphatic rings. The Bertz CT molecular complexity index is 1470. The van der Waals surface area contributed by atoms with Crippen LogP contribution in [0.15, 0.2) is 48.5 Å². The van der Waals surface area contributed by atoms with E-state index in [9.17, 15) is 18.0 Å².